The molecule has 2 aromatic rings. The topological polar surface area (TPSA) is 53.1 Å². The van der Waals surface area contributed by atoms with Crippen molar-refractivity contribution in [1.82, 2.24) is 9.78 Å². The molecule has 1 aromatic carbocycles. The second-order valence-corrected chi connectivity index (χ2v) is 4.82. The highest BCUT2D eigenvalue weighted by atomic mass is 16.5. The first kappa shape index (κ1) is 11.1. The molecule has 0 unspecified atom stereocenters. The number of nitrogens with zero attached hydrogens (tertiary/aromatic N) is 2. The summed E-state index contributed by atoms with van der Waals surface area (Å²) >= 11 is 0. The zero-order chi connectivity index (χ0) is 12.5. The van der Waals surface area contributed by atoms with Crippen LogP contribution in [-0.2, 0) is 6.54 Å². The molecule has 1 aliphatic rings. The van der Waals surface area contributed by atoms with Gasteiger partial charge in [0, 0.05) is 23.9 Å². The van der Waals surface area contributed by atoms with Crippen LogP contribution in [0.3, 0.4) is 0 Å². The third-order valence-corrected chi connectivity index (χ3v) is 3.34. The van der Waals surface area contributed by atoms with E-state index >= 15 is 0 Å². The summed E-state index contributed by atoms with van der Waals surface area (Å²) in [5.74, 6) is 1.55. The number of methoxy groups -OCH3 is 1. The summed E-state index contributed by atoms with van der Waals surface area (Å²) in [4.78, 5) is 0. The van der Waals surface area contributed by atoms with Crippen molar-refractivity contribution in [1.29, 1.82) is 0 Å². The van der Waals surface area contributed by atoms with Crippen LogP contribution in [0.4, 0.5) is 5.69 Å². The smallest absolute Gasteiger partial charge is 0.149 e. The number of ether oxygens (including phenoxy) is 1. The number of anilines is 1. The number of nitrogen functional groups attached to an aromatic ring is 1. The molecule has 18 heavy (non-hydrogen) atoms. The molecule has 1 heterocycles. The van der Waals surface area contributed by atoms with Crippen LogP contribution >= 0.6 is 0 Å². The van der Waals surface area contributed by atoms with Gasteiger partial charge in [0.2, 0.25) is 0 Å². The van der Waals surface area contributed by atoms with E-state index in [0.29, 0.717) is 5.69 Å². The summed E-state index contributed by atoms with van der Waals surface area (Å²) in [6.45, 7) is 1.02. The van der Waals surface area contributed by atoms with Crippen LogP contribution in [0.25, 0.3) is 11.1 Å². The number of rotatable bonds is 4. The van der Waals surface area contributed by atoms with E-state index in [-0.39, 0.29) is 0 Å². The second-order valence-electron chi connectivity index (χ2n) is 4.82. The molecule has 0 saturated heterocycles. The highest BCUT2D eigenvalue weighted by molar-refractivity contribution is 5.76. The lowest BCUT2D eigenvalue weighted by molar-refractivity contribution is 0.418. The first-order valence-electron chi connectivity index (χ1n) is 6.23. The van der Waals surface area contributed by atoms with Gasteiger partial charge in [-0.05, 0) is 24.8 Å². The van der Waals surface area contributed by atoms with Crippen molar-refractivity contribution < 1.29 is 4.74 Å². The molecule has 2 N–H and O–H groups in total. The Hall–Kier alpha value is -1.97. The summed E-state index contributed by atoms with van der Waals surface area (Å²) in [6, 6.07) is 5.79. The van der Waals surface area contributed by atoms with Gasteiger partial charge in [-0.1, -0.05) is 12.1 Å². The number of hydrogen-bond donors (Lipinski definition) is 1. The quantitative estimate of drug-likeness (QED) is 0.840. The molecule has 1 saturated carbocycles. The Morgan fingerprint density at radius 2 is 2.28 bits per heavy atom. The maximum Gasteiger partial charge on any atom is 0.149 e. The normalized spacial score (nSPS) is 14.7. The Morgan fingerprint density at radius 1 is 1.44 bits per heavy atom. The van der Waals surface area contributed by atoms with Gasteiger partial charge in [-0.2, -0.15) is 5.10 Å². The lowest BCUT2D eigenvalue weighted by Crippen LogP contribution is -1.99. The van der Waals surface area contributed by atoms with Crippen LogP contribution in [0.5, 0.6) is 5.75 Å². The van der Waals surface area contributed by atoms with Crippen LogP contribution in [0.15, 0.2) is 30.6 Å². The van der Waals surface area contributed by atoms with E-state index in [1.54, 1.807) is 7.11 Å². The first-order chi connectivity index (χ1) is 8.78. The predicted molar refractivity (Wildman–Crippen MR) is 71.4 cm³/mol. The number of hydrogen-bond acceptors (Lipinski definition) is 3. The van der Waals surface area contributed by atoms with Crippen molar-refractivity contribution in [3.8, 4) is 16.9 Å². The molecule has 0 amide bonds. The van der Waals surface area contributed by atoms with Gasteiger partial charge in [-0.15, -0.1) is 0 Å². The van der Waals surface area contributed by atoms with Gasteiger partial charge >= 0.3 is 0 Å². The van der Waals surface area contributed by atoms with Gasteiger partial charge in [-0.3, -0.25) is 4.68 Å². The molecule has 1 aliphatic carbocycles. The average molecular weight is 243 g/mol. The molecule has 4 heteroatoms. The maximum atomic E-state index is 5.91. The molecule has 0 bridgehead atoms. The van der Waals surface area contributed by atoms with Gasteiger partial charge in [0.05, 0.1) is 19.0 Å². The monoisotopic (exact) mass is 243 g/mol. The van der Waals surface area contributed by atoms with E-state index in [2.05, 4.69) is 11.3 Å². The van der Waals surface area contributed by atoms with Crippen LogP contribution in [-0.4, -0.2) is 16.9 Å². The minimum Gasteiger partial charge on any atom is -0.494 e. The van der Waals surface area contributed by atoms with Crippen molar-refractivity contribution in [3.05, 3.63) is 30.6 Å². The van der Waals surface area contributed by atoms with E-state index in [9.17, 15) is 0 Å². The van der Waals surface area contributed by atoms with Crippen LogP contribution in [0.1, 0.15) is 12.8 Å². The number of nitrogens with two attached hydrogens (primary N) is 1. The fraction of sp³-hybridized carbons (Fsp3) is 0.357. The molecule has 0 aliphatic heterocycles. The SMILES string of the molecule is COc1c(N)cccc1-c1cnn(CC2CC2)c1. The lowest BCUT2D eigenvalue weighted by atomic mass is 10.1. The maximum absolute atomic E-state index is 5.91. The van der Waals surface area contributed by atoms with Crippen LogP contribution in [0, 0.1) is 5.92 Å². The molecular formula is C14H17N3O. The van der Waals surface area contributed by atoms with Gasteiger partial charge in [0.25, 0.3) is 0 Å². The molecule has 94 valence electrons. The number of para-hydroxylation sites is 1. The van der Waals surface area contributed by atoms with Crippen LogP contribution in [0.2, 0.25) is 0 Å². The highest BCUT2D eigenvalue weighted by Crippen LogP contribution is 2.35. The summed E-state index contributed by atoms with van der Waals surface area (Å²) in [7, 11) is 1.64. The summed E-state index contributed by atoms with van der Waals surface area (Å²) in [6.07, 6.45) is 6.60. The fourth-order valence-corrected chi connectivity index (χ4v) is 2.18. The molecule has 4 nitrogen and oxygen atoms in total. The average Bonchev–Trinajstić information content (AvgIpc) is 3.05. The Balaban J connectivity index is 1.93. The Bertz CT molecular complexity index is 558. The predicted octanol–water partition coefficient (Wildman–Crippen LogP) is 2.55. The zero-order valence-electron chi connectivity index (χ0n) is 10.5. The third kappa shape index (κ3) is 2.06. The Kier molecular flexibility index (Phi) is 2.70. The van der Waals surface area contributed by atoms with Crippen LogP contribution < -0.4 is 10.5 Å². The van der Waals surface area contributed by atoms with Crippen molar-refractivity contribution in [2.45, 2.75) is 19.4 Å². The first-order valence-corrected chi connectivity index (χ1v) is 6.23. The highest BCUT2D eigenvalue weighted by Gasteiger charge is 2.22. The van der Waals surface area contributed by atoms with Crippen molar-refractivity contribution in [2.24, 2.45) is 5.92 Å². The summed E-state index contributed by atoms with van der Waals surface area (Å²) in [5, 5.41) is 4.40. The van der Waals surface area contributed by atoms with E-state index < -0.39 is 0 Å². The number of aromatic nitrogens is 2. The summed E-state index contributed by atoms with van der Waals surface area (Å²) < 4.78 is 7.38. The van der Waals surface area contributed by atoms with Crippen molar-refractivity contribution >= 4 is 5.69 Å². The standard InChI is InChI=1S/C14H17N3O/c1-18-14-12(3-2-4-13(14)15)11-7-16-17(9-11)8-10-5-6-10/h2-4,7,9-10H,5-6,8,15H2,1H3. The minimum absolute atomic E-state index is 0.657. The fourth-order valence-electron chi connectivity index (χ4n) is 2.18. The molecular weight excluding hydrogens is 226 g/mol. The Morgan fingerprint density at radius 3 is 3.00 bits per heavy atom. The molecule has 0 atom stereocenters. The van der Waals surface area contributed by atoms with E-state index in [1.165, 1.54) is 12.8 Å². The molecule has 1 aromatic heterocycles. The van der Waals surface area contributed by atoms with Gasteiger partial charge in [0.15, 0.2) is 0 Å². The zero-order valence-corrected chi connectivity index (χ0v) is 10.5. The van der Waals surface area contributed by atoms with Gasteiger partial charge in [-0.25, -0.2) is 0 Å². The molecule has 0 radical (unpaired) electrons. The van der Waals surface area contributed by atoms with E-state index in [4.69, 9.17) is 10.5 Å². The van der Waals surface area contributed by atoms with E-state index in [0.717, 1.165) is 29.3 Å². The van der Waals surface area contributed by atoms with Crippen molar-refractivity contribution in [3.63, 3.8) is 0 Å². The Labute approximate surface area is 106 Å². The van der Waals surface area contributed by atoms with Gasteiger partial charge in [0.1, 0.15) is 5.75 Å². The number of benzene rings is 1. The summed E-state index contributed by atoms with van der Waals surface area (Å²) in [5.41, 5.74) is 8.63. The largest absolute Gasteiger partial charge is 0.494 e. The molecule has 0 spiro atoms. The third-order valence-electron chi connectivity index (χ3n) is 3.34. The van der Waals surface area contributed by atoms with E-state index in [1.807, 2.05) is 29.1 Å². The molecule has 1 fully saturated rings. The van der Waals surface area contributed by atoms with Gasteiger partial charge < -0.3 is 10.5 Å². The minimum atomic E-state index is 0.657. The molecule has 3 rings (SSSR count). The van der Waals surface area contributed by atoms with Crippen molar-refractivity contribution in [2.75, 3.05) is 12.8 Å². The second kappa shape index (κ2) is 4.37. The lowest BCUT2D eigenvalue weighted by Gasteiger charge is -2.09.